The molecule has 0 atom stereocenters. The Hall–Kier alpha value is -1.40. The number of likely N-dealkylation sites (N-methyl/N-ethyl adjacent to an activating group) is 1. The molecular formula is C15H21BrN2O3. The molecule has 0 spiro atoms. The average molecular weight is 357 g/mol. The van der Waals surface area contributed by atoms with Crippen LogP contribution < -0.4 is 5.32 Å². The summed E-state index contributed by atoms with van der Waals surface area (Å²) in [6, 6.07) is 5.51. The number of halogens is 1. The Bertz CT molecular complexity index is 506. The fourth-order valence-corrected chi connectivity index (χ4v) is 2.45. The summed E-state index contributed by atoms with van der Waals surface area (Å²) in [5, 5.41) is 2.75. The van der Waals surface area contributed by atoms with E-state index >= 15 is 0 Å². The standard InChI is InChI=1S/C15H21BrN2O3/c1-11-5-6-12(13(16)9-11)15(20)18(2)10-14(19)17-7-4-8-21-3/h5-6,9H,4,7-8,10H2,1-3H3,(H,17,19). The van der Waals surface area contributed by atoms with Crippen LogP contribution in [0.15, 0.2) is 22.7 Å². The Morgan fingerprint density at radius 2 is 2.10 bits per heavy atom. The van der Waals surface area contributed by atoms with Crippen LogP contribution in [0.25, 0.3) is 0 Å². The molecule has 0 saturated carbocycles. The highest BCUT2D eigenvalue weighted by Crippen LogP contribution is 2.19. The molecule has 0 unspecified atom stereocenters. The van der Waals surface area contributed by atoms with Crippen molar-refractivity contribution < 1.29 is 14.3 Å². The van der Waals surface area contributed by atoms with Crippen LogP contribution in [0, 0.1) is 6.92 Å². The van der Waals surface area contributed by atoms with Gasteiger partial charge in [0.1, 0.15) is 0 Å². The number of carbonyl (C=O) groups excluding carboxylic acids is 2. The van der Waals surface area contributed by atoms with Crippen LogP contribution in [0.2, 0.25) is 0 Å². The summed E-state index contributed by atoms with van der Waals surface area (Å²) < 4.78 is 5.64. The van der Waals surface area contributed by atoms with Gasteiger partial charge in [0.2, 0.25) is 5.91 Å². The number of ether oxygens (including phenoxy) is 1. The molecule has 0 saturated heterocycles. The van der Waals surface area contributed by atoms with Gasteiger partial charge in [-0.15, -0.1) is 0 Å². The van der Waals surface area contributed by atoms with Gasteiger partial charge in [-0.1, -0.05) is 6.07 Å². The molecule has 6 heteroatoms. The maximum absolute atomic E-state index is 12.3. The van der Waals surface area contributed by atoms with Gasteiger partial charge >= 0.3 is 0 Å². The van der Waals surface area contributed by atoms with Gasteiger partial charge in [-0.05, 0) is 47.0 Å². The Kier molecular flexibility index (Phi) is 7.39. The number of hydrogen-bond acceptors (Lipinski definition) is 3. The third kappa shape index (κ3) is 5.85. The highest BCUT2D eigenvalue weighted by Gasteiger charge is 2.17. The van der Waals surface area contributed by atoms with Crippen molar-refractivity contribution in [2.75, 3.05) is 33.9 Å². The van der Waals surface area contributed by atoms with Gasteiger partial charge in [0.05, 0.1) is 12.1 Å². The monoisotopic (exact) mass is 356 g/mol. The summed E-state index contributed by atoms with van der Waals surface area (Å²) in [7, 11) is 3.23. The van der Waals surface area contributed by atoms with E-state index in [1.165, 1.54) is 4.90 Å². The quantitative estimate of drug-likeness (QED) is 0.760. The van der Waals surface area contributed by atoms with Crippen LogP contribution in [-0.2, 0) is 9.53 Å². The molecule has 0 aliphatic rings. The lowest BCUT2D eigenvalue weighted by Crippen LogP contribution is -2.39. The Balaban J connectivity index is 2.52. The van der Waals surface area contributed by atoms with Crippen LogP contribution in [0.1, 0.15) is 22.3 Å². The fourth-order valence-electron chi connectivity index (χ4n) is 1.79. The first kappa shape index (κ1) is 17.7. The molecule has 0 aliphatic carbocycles. The third-order valence-corrected chi connectivity index (χ3v) is 3.59. The van der Waals surface area contributed by atoms with Gasteiger partial charge in [-0.2, -0.15) is 0 Å². The van der Waals surface area contributed by atoms with Gasteiger partial charge in [-0.3, -0.25) is 9.59 Å². The molecule has 0 fully saturated rings. The second-order valence-electron chi connectivity index (χ2n) is 4.84. The number of aryl methyl sites for hydroxylation is 1. The minimum atomic E-state index is -0.186. The Morgan fingerprint density at radius 1 is 1.38 bits per heavy atom. The molecular weight excluding hydrogens is 336 g/mol. The molecule has 1 aromatic rings. The number of benzene rings is 1. The maximum atomic E-state index is 12.3. The summed E-state index contributed by atoms with van der Waals surface area (Å²) in [6.45, 7) is 3.14. The van der Waals surface area contributed by atoms with Crippen molar-refractivity contribution in [3.8, 4) is 0 Å². The molecule has 0 radical (unpaired) electrons. The van der Waals surface area contributed by atoms with Crippen molar-refractivity contribution >= 4 is 27.7 Å². The third-order valence-electron chi connectivity index (χ3n) is 2.93. The molecule has 5 nitrogen and oxygen atoms in total. The zero-order valence-electron chi connectivity index (χ0n) is 12.6. The van der Waals surface area contributed by atoms with Crippen LogP contribution in [-0.4, -0.2) is 50.6 Å². The number of amides is 2. The minimum absolute atomic E-state index is 0.0339. The maximum Gasteiger partial charge on any atom is 0.255 e. The summed E-state index contributed by atoms with van der Waals surface area (Å²) in [4.78, 5) is 25.4. The number of nitrogens with zero attached hydrogens (tertiary/aromatic N) is 1. The topological polar surface area (TPSA) is 58.6 Å². The summed E-state index contributed by atoms with van der Waals surface area (Å²) in [5.74, 6) is -0.362. The molecule has 0 heterocycles. The van der Waals surface area contributed by atoms with Crippen molar-refractivity contribution in [3.05, 3.63) is 33.8 Å². The molecule has 1 aromatic carbocycles. The van der Waals surface area contributed by atoms with Crippen molar-refractivity contribution in [3.63, 3.8) is 0 Å². The van der Waals surface area contributed by atoms with Crippen molar-refractivity contribution in [1.82, 2.24) is 10.2 Å². The molecule has 2 amide bonds. The van der Waals surface area contributed by atoms with E-state index in [0.717, 1.165) is 16.5 Å². The first-order valence-corrected chi connectivity index (χ1v) is 7.52. The molecule has 21 heavy (non-hydrogen) atoms. The van der Waals surface area contributed by atoms with Gasteiger partial charge in [-0.25, -0.2) is 0 Å². The number of carbonyl (C=O) groups is 2. The van der Waals surface area contributed by atoms with E-state index < -0.39 is 0 Å². The molecule has 1 N–H and O–H groups in total. The van der Waals surface area contributed by atoms with E-state index in [0.29, 0.717) is 18.7 Å². The molecule has 0 bridgehead atoms. The molecule has 0 aliphatic heterocycles. The van der Waals surface area contributed by atoms with Gasteiger partial charge < -0.3 is 15.0 Å². The van der Waals surface area contributed by atoms with Crippen LogP contribution >= 0.6 is 15.9 Å². The second kappa shape index (κ2) is 8.79. The van der Waals surface area contributed by atoms with E-state index in [2.05, 4.69) is 21.2 Å². The lowest BCUT2D eigenvalue weighted by Gasteiger charge is -2.17. The number of methoxy groups -OCH3 is 1. The predicted molar refractivity (Wildman–Crippen MR) is 85.3 cm³/mol. The second-order valence-corrected chi connectivity index (χ2v) is 5.70. The first-order valence-electron chi connectivity index (χ1n) is 6.73. The first-order chi connectivity index (χ1) is 9.95. The van der Waals surface area contributed by atoms with Crippen molar-refractivity contribution in [1.29, 1.82) is 0 Å². The molecule has 1 rings (SSSR count). The zero-order chi connectivity index (χ0) is 15.8. The predicted octanol–water partition coefficient (Wildman–Crippen LogP) is 1.98. The number of rotatable bonds is 7. The Labute approximate surface area is 133 Å². The van der Waals surface area contributed by atoms with Crippen molar-refractivity contribution in [2.24, 2.45) is 0 Å². The highest BCUT2D eigenvalue weighted by atomic mass is 79.9. The highest BCUT2D eigenvalue weighted by molar-refractivity contribution is 9.10. The lowest BCUT2D eigenvalue weighted by molar-refractivity contribution is -0.121. The van der Waals surface area contributed by atoms with E-state index in [1.807, 2.05) is 19.1 Å². The van der Waals surface area contributed by atoms with Crippen LogP contribution in [0.4, 0.5) is 0 Å². The normalized spacial score (nSPS) is 10.3. The number of nitrogens with one attached hydrogen (secondary N) is 1. The number of hydrogen-bond donors (Lipinski definition) is 1. The fraction of sp³-hybridized carbons (Fsp3) is 0.467. The van der Waals surface area contributed by atoms with Gasteiger partial charge in [0.15, 0.2) is 0 Å². The minimum Gasteiger partial charge on any atom is -0.385 e. The van der Waals surface area contributed by atoms with Gasteiger partial charge in [0, 0.05) is 31.8 Å². The summed E-state index contributed by atoms with van der Waals surface area (Å²) in [6.07, 6.45) is 0.753. The van der Waals surface area contributed by atoms with Crippen LogP contribution in [0.3, 0.4) is 0 Å². The van der Waals surface area contributed by atoms with E-state index in [4.69, 9.17) is 4.74 Å². The molecule has 0 aromatic heterocycles. The lowest BCUT2D eigenvalue weighted by atomic mass is 10.1. The Morgan fingerprint density at radius 3 is 2.71 bits per heavy atom. The average Bonchev–Trinajstić information content (AvgIpc) is 2.43. The SMILES string of the molecule is COCCCNC(=O)CN(C)C(=O)c1ccc(C)cc1Br. The van der Waals surface area contributed by atoms with E-state index in [9.17, 15) is 9.59 Å². The zero-order valence-corrected chi connectivity index (χ0v) is 14.2. The van der Waals surface area contributed by atoms with E-state index in [-0.39, 0.29) is 18.4 Å². The van der Waals surface area contributed by atoms with Crippen LogP contribution in [0.5, 0.6) is 0 Å². The van der Waals surface area contributed by atoms with Crippen molar-refractivity contribution in [2.45, 2.75) is 13.3 Å². The smallest absolute Gasteiger partial charge is 0.255 e. The molecule has 116 valence electrons. The largest absolute Gasteiger partial charge is 0.385 e. The summed E-state index contributed by atoms with van der Waals surface area (Å²) >= 11 is 3.38. The van der Waals surface area contributed by atoms with E-state index in [1.54, 1.807) is 20.2 Å². The van der Waals surface area contributed by atoms with Gasteiger partial charge in [0.25, 0.3) is 5.91 Å². The summed E-state index contributed by atoms with van der Waals surface area (Å²) in [5.41, 5.74) is 1.62.